The van der Waals surface area contributed by atoms with Crippen LogP contribution < -0.4 is 0 Å². The molecule has 0 spiro atoms. The Bertz CT molecular complexity index is 1420. The molecule has 0 aromatic carbocycles. The number of thiazole rings is 1. The summed E-state index contributed by atoms with van der Waals surface area (Å²) < 4.78 is 30.5. The Kier molecular flexibility index (Phi) is 5.92. The average molecular weight is 555 g/mol. The van der Waals surface area contributed by atoms with Crippen LogP contribution >= 0.6 is 11.3 Å². The number of carbonyl (C=O) groups excluding carboxylic acids is 2. The van der Waals surface area contributed by atoms with Crippen molar-refractivity contribution in [2.24, 2.45) is 28.6 Å². The molecule has 0 unspecified atom stereocenters. The van der Waals surface area contributed by atoms with Crippen LogP contribution in [-0.2, 0) is 16.8 Å². The molecule has 0 amide bonds. The molecule has 4 aliphatic carbocycles. The van der Waals surface area contributed by atoms with E-state index in [1.807, 2.05) is 13.8 Å². The first kappa shape index (κ1) is 26.6. The number of aromatic nitrogens is 2. The van der Waals surface area contributed by atoms with Crippen molar-refractivity contribution in [3.63, 3.8) is 0 Å². The van der Waals surface area contributed by atoms with Crippen molar-refractivity contribution >= 4 is 22.9 Å². The predicted molar refractivity (Wildman–Crippen MR) is 141 cm³/mol. The first-order valence-corrected chi connectivity index (χ1v) is 14.4. The minimum atomic E-state index is -1.97. The lowest BCUT2D eigenvalue weighted by atomic mass is 9.44. The molecule has 4 aliphatic rings. The van der Waals surface area contributed by atoms with Crippen LogP contribution in [0.4, 0.5) is 8.78 Å². The van der Waals surface area contributed by atoms with Gasteiger partial charge in [0.1, 0.15) is 10.6 Å². The van der Waals surface area contributed by atoms with E-state index in [9.17, 15) is 24.2 Å². The van der Waals surface area contributed by atoms with Gasteiger partial charge < -0.3 is 10.2 Å². The lowest BCUT2D eigenvalue weighted by Gasteiger charge is -2.62. The van der Waals surface area contributed by atoms with Crippen LogP contribution in [0, 0.1) is 34.5 Å². The van der Waals surface area contributed by atoms with E-state index in [0.717, 1.165) is 11.6 Å². The highest BCUT2D eigenvalue weighted by molar-refractivity contribution is 7.09. The maximum absolute atomic E-state index is 17.4. The molecule has 2 aromatic rings. The van der Waals surface area contributed by atoms with Crippen LogP contribution in [0.2, 0.25) is 0 Å². The molecular weight excluding hydrogens is 522 g/mol. The number of fused-ring (bicyclic) bond motifs is 5. The molecule has 0 aliphatic heterocycles. The Morgan fingerprint density at radius 1 is 1.26 bits per heavy atom. The Labute approximate surface area is 229 Å². The third-order valence-corrected chi connectivity index (χ3v) is 11.4. The molecule has 2 heterocycles. The van der Waals surface area contributed by atoms with E-state index in [1.54, 1.807) is 18.4 Å². The molecule has 0 radical (unpaired) electrons. The Hall–Kier alpha value is -2.62. The highest BCUT2D eigenvalue weighted by Crippen LogP contribution is 2.72. The molecule has 9 heteroatoms. The smallest absolute Gasteiger partial charge is 0.212 e. The van der Waals surface area contributed by atoms with Gasteiger partial charge in [-0.15, -0.1) is 11.3 Å². The van der Waals surface area contributed by atoms with Gasteiger partial charge in [-0.05, 0) is 68.7 Å². The summed E-state index contributed by atoms with van der Waals surface area (Å²) in [6, 6.07) is 2.52. The van der Waals surface area contributed by atoms with Crippen LogP contribution in [0.5, 0.6) is 0 Å². The van der Waals surface area contributed by atoms with Gasteiger partial charge in [0.15, 0.2) is 17.2 Å². The summed E-state index contributed by atoms with van der Waals surface area (Å²) in [4.78, 5) is 33.0. The second-order valence-electron chi connectivity index (χ2n) is 12.3. The summed E-state index contributed by atoms with van der Waals surface area (Å²) in [5.74, 6) is -2.06. The number of nitrogens with zero attached hydrogens (tertiary/aromatic N) is 2. The number of pyridine rings is 1. The number of allylic oxidation sites excluding steroid dienone is 4. The second kappa shape index (κ2) is 8.69. The van der Waals surface area contributed by atoms with Crippen LogP contribution in [0.25, 0.3) is 0 Å². The van der Waals surface area contributed by atoms with Crippen LogP contribution in [0.15, 0.2) is 47.5 Å². The lowest BCUT2D eigenvalue weighted by molar-refractivity contribution is -0.223. The van der Waals surface area contributed by atoms with E-state index < -0.39 is 40.1 Å². The van der Waals surface area contributed by atoms with Crippen molar-refractivity contribution in [3.05, 3.63) is 69.7 Å². The summed E-state index contributed by atoms with van der Waals surface area (Å²) in [7, 11) is 0. The van der Waals surface area contributed by atoms with Gasteiger partial charge in [-0.25, -0.2) is 14.4 Å². The Morgan fingerprint density at radius 3 is 2.74 bits per heavy atom. The predicted octanol–water partition coefficient (Wildman–Crippen LogP) is 4.91. The van der Waals surface area contributed by atoms with Gasteiger partial charge in [-0.2, -0.15) is 4.39 Å². The fourth-order valence-corrected chi connectivity index (χ4v) is 9.29. The summed E-state index contributed by atoms with van der Waals surface area (Å²) in [5.41, 5.74) is -3.89. The molecule has 6 nitrogen and oxygen atoms in total. The normalized spacial score (nSPS) is 41.0. The summed E-state index contributed by atoms with van der Waals surface area (Å²) >= 11 is 1.27. The number of halogens is 2. The molecule has 0 saturated heterocycles. The Morgan fingerprint density at radius 2 is 2.03 bits per heavy atom. The summed E-state index contributed by atoms with van der Waals surface area (Å²) in [6.07, 6.45) is 6.06. The maximum Gasteiger partial charge on any atom is 0.212 e. The standard InChI is InChI=1S/C30H32F2N2O4S/c1-16-10-21-20-6-5-18-11-19(35)8-9-27(18,2)29(20,32)24(37)13-28(21,3)30(16,38)23-15-39-26(34-23)12-22(36)17-4-7-25(31)33-14-17/h4,7-9,11,14-16,20-21,24,37-38H,5-6,10,12-13H2,1-3H3/t16-,20+,21+,24+,27+,28+,29+,30+/m1/s1. The average Bonchev–Trinajstić information content (AvgIpc) is 3.43. The quantitative estimate of drug-likeness (QED) is 0.412. The number of rotatable bonds is 4. The number of hydrogen-bond donors (Lipinski definition) is 2. The number of Topliss-reactive ketones (excluding diaryl/α,β-unsaturated/α-hetero) is 1. The van der Waals surface area contributed by atoms with Crippen molar-refractivity contribution in [2.45, 2.75) is 70.2 Å². The van der Waals surface area contributed by atoms with Crippen LogP contribution in [0.3, 0.4) is 0 Å². The van der Waals surface area contributed by atoms with Crippen molar-refractivity contribution in [2.75, 3.05) is 0 Å². The molecular formula is C30H32F2N2O4S. The van der Waals surface area contributed by atoms with E-state index in [0.29, 0.717) is 30.0 Å². The summed E-state index contributed by atoms with van der Waals surface area (Å²) in [6.45, 7) is 5.66. The van der Waals surface area contributed by atoms with Gasteiger partial charge >= 0.3 is 0 Å². The Balaban J connectivity index is 1.33. The van der Waals surface area contributed by atoms with Gasteiger partial charge in [0.2, 0.25) is 5.95 Å². The van der Waals surface area contributed by atoms with Crippen molar-refractivity contribution in [3.8, 4) is 0 Å². The van der Waals surface area contributed by atoms with E-state index in [1.165, 1.54) is 35.8 Å². The molecule has 8 atom stereocenters. The van der Waals surface area contributed by atoms with E-state index in [2.05, 4.69) is 9.97 Å². The molecule has 3 fully saturated rings. The van der Waals surface area contributed by atoms with Crippen LogP contribution in [-0.4, -0.2) is 43.5 Å². The first-order chi connectivity index (χ1) is 18.3. The number of hydrogen-bond acceptors (Lipinski definition) is 7. The highest BCUT2D eigenvalue weighted by Gasteiger charge is 2.74. The number of carbonyl (C=O) groups is 2. The van der Waals surface area contributed by atoms with Crippen molar-refractivity contribution in [1.82, 2.24) is 9.97 Å². The third-order valence-electron chi connectivity index (χ3n) is 10.5. The van der Waals surface area contributed by atoms with Gasteiger partial charge in [-0.1, -0.05) is 25.5 Å². The van der Waals surface area contributed by atoms with E-state index >= 15 is 4.39 Å². The topological polar surface area (TPSA) is 100 Å². The SMILES string of the molecule is C[C@@H]1C[C@H]2[C@@H]3CCC4=CC(=O)C=C[C@]4(C)[C@@]3(F)[C@@H](O)C[C@]2(C)[C@@]1(O)c1csc(CC(=O)c2ccc(F)nc2)n1. The van der Waals surface area contributed by atoms with Gasteiger partial charge in [0.25, 0.3) is 0 Å². The van der Waals surface area contributed by atoms with E-state index in [-0.39, 0.29) is 41.8 Å². The minimum Gasteiger partial charge on any atom is -0.390 e. The highest BCUT2D eigenvalue weighted by atomic mass is 32.1. The van der Waals surface area contributed by atoms with Gasteiger partial charge in [0.05, 0.1) is 18.2 Å². The fourth-order valence-electron chi connectivity index (χ4n) is 8.44. The number of alkyl halides is 1. The number of aliphatic hydroxyl groups is 2. The summed E-state index contributed by atoms with van der Waals surface area (Å²) in [5, 5.41) is 26.2. The molecule has 2 aromatic heterocycles. The van der Waals surface area contributed by atoms with Crippen molar-refractivity contribution < 1.29 is 28.6 Å². The van der Waals surface area contributed by atoms with Gasteiger partial charge in [-0.3, -0.25) is 9.59 Å². The largest absolute Gasteiger partial charge is 0.390 e. The molecule has 39 heavy (non-hydrogen) atoms. The lowest BCUT2D eigenvalue weighted by Crippen LogP contribution is -2.68. The zero-order chi connectivity index (χ0) is 28.0. The van der Waals surface area contributed by atoms with Crippen molar-refractivity contribution in [1.29, 1.82) is 0 Å². The van der Waals surface area contributed by atoms with Gasteiger partial charge in [0, 0.05) is 33.9 Å². The molecule has 3 saturated carbocycles. The molecule has 2 N–H and O–H groups in total. The fraction of sp³-hybridized carbons (Fsp3) is 0.533. The molecule has 206 valence electrons. The number of ketones is 2. The first-order valence-electron chi connectivity index (χ1n) is 13.5. The van der Waals surface area contributed by atoms with E-state index in [4.69, 9.17) is 0 Å². The van der Waals surface area contributed by atoms with Crippen LogP contribution in [0.1, 0.15) is 67.5 Å². The minimum absolute atomic E-state index is 0.0139. The zero-order valence-corrected chi connectivity index (χ0v) is 23.0. The third kappa shape index (κ3) is 3.48. The second-order valence-corrected chi connectivity index (χ2v) is 13.2. The number of aliphatic hydroxyl groups excluding tert-OH is 1. The maximum atomic E-state index is 17.4. The molecule has 6 rings (SSSR count). The zero-order valence-electron chi connectivity index (χ0n) is 22.2. The monoisotopic (exact) mass is 554 g/mol. The molecule has 0 bridgehead atoms.